The third-order valence-corrected chi connectivity index (χ3v) is 5.53. The van der Waals surface area contributed by atoms with Gasteiger partial charge >= 0.3 is 0 Å². The number of hydrogen-bond donors (Lipinski definition) is 2. The van der Waals surface area contributed by atoms with Crippen LogP contribution in [0.1, 0.15) is 24.0 Å². The minimum Gasteiger partial charge on any atom is -0.381 e. The molecule has 0 bridgehead atoms. The van der Waals surface area contributed by atoms with Gasteiger partial charge in [0, 0.05) is 43.8 Å². The molecule has 150 valence electrons. The Morgan fingerprint density at radius 3 is 2.64 bits per heavy atom. The van der Waals surface area contributed by atoms with Crippen LogP contribution in [0.4, 0.5) is 4.39 Å². The van der Waals surface area contributed by atoms with Crippen LogP contribution in [0.3, 0.4) is 0 Å². The molecular formula is C22H27ClFN3O. The third-order valence-electron chi connectivity index (χ3n) is 5.30. The molecule has 0 spiro atoms. The molecule has 1 saturated heterocycles. The van der Waals surface area contributed by atoms with Gasteiger partial charge in [0.25, 0.3) is 0 Å². The number of aliphatic imine (C=N–C) groups is 1. The van der Waals surface area contributed by atoms with E-state index in [2.05, 4.69) is 21.7 Å². The molecule has 2 aromatic carbocycles. The summed E-state index contributed by atoms with van der Waals surface area (Å²) in [5.41, 5.74) is 2.03. The topological polar surface area (TPSA) is 45.7 Å². The van der Waals surface area contributed by atoms with Gasteiger partial charge in [-0.05, 0) is 54.7 Å². The maximum Gasteiger partial charge on any atom is 0.191 e. The summed E-state index contributed by atoms with van der Waals surface area (Å²) < 4.78 is 19.4. The van der Waals surface area contributed by atoms with Gasteiger partial charge in [-0.3, -0.25) is 4.99 Å². The van der Waals surface area contributed by atoms with Gasteiger partial charge in [0.15, 0.2) is 5.96 Å². The predicted octanol–water partition coefficient (Wildman–Crippen LogP) is 3.94. The second-order valence-electron chi connectivity index (χ2n) is 7.14. The van der Waals surface area contributed by atoms with Gasteiger partial charge in [-0.1, -0.05) is 35.9 Å². The standard InChI is InChI=1S/C22H27ClFN3O/c1-25-21(26-11-8-17-4-2-6-19(23)14-17)27-16-22(9-12-28-13-10-22)18-5-3-7-20(24)15-18/h2-7,14-15H,8-13,16H2,1H3,(H2,25,26,27). The van der Waals surface area contributed by atoms with Gasteiger partial charge in [-0.2, -0.15) is 0 Å². The number of rotatable bonds is 6. The first kappa shape index (κ1) is 20.6. The highest BCUT2D eigenvalue weighted by molar-refractivity contribution is 6.30. The Bertz CT molecular complexity index is 806. The molecule has 1 aliphatic heterocycles. The van der Waals surface area contributed by atoms with Gasteiger partial charge in [0.2, 0.25) is 0 Å². The molecule has 0 amide bonds. The summed E-state index contributed by atoms with van der Waals surface area (Å²) in [6.45, 7) is 2.78. The monoisotopic (exact) mass is 403 g/mol. The van der Waals surface area contributed by atoms with Crippen molar-refractivity contribution in [1.29, 1.82) is 0 Å². The highest BCUT2D eigenvalue weighted by Crippen LogP contribution is 2.34. The quantitative estimate of drug-likeness (QED) is 0.567. The van der Waals surface area contributed by atoms with Crippen molar-refractivity contribution < 1.29 is 9.13 Å². The van der Waals surface area contributed by atoms with Crippen molar-refractivity contribution >= 4 is 17.6 Å². The highest BCUT2D eigenvalue weighted by atomic mass is 35.5. The zero-order valence-electron chi connectivity index (χ0n) is 16.2. The highest BCUT2D eigenvalue weighted by Gasteiger charge is 2.34. The van der Waals surface area contributed by atoms with E-state index in [1.54, 1.807) is 19.2 Å². The maximum atomic E-state index is 13.8. The molecule has 1 heterocycles. The van der Waals surface area contributed by atoms with Crippen molar-refractivity contribution in [3.05, 3.63) is 70.5 Å². The van der Waals surface area contributed by atoms with E-state index in [4.69, 9.17) is 16.3 Å². The van der Waals surface area contributed by atoms with E-state index < -0.39 is 0 Å². The SMILES string of the molecule is CN=C(NCCc1cccc(Cl)c1)NCC1(c2cccc(F)c2)CCOCC1. The van der Waals surface area contributed by atoms with Crippen molar-refractivity contribution in [2.24, 2.45) is 4.99 Å². The summed E-state index contributed by atoms with van der Waals surface area (Å²) in [5.74, 6) is 0.539. The molecule has 0 saturated carbocycles. The van der Waals surface area contributed by atoms with Crippen LogP contribution in [0, 0.1) is 5.82 Å². The van der Waals surface area contributed by atoms with Crippen LogP contribution in [0.15, 0.2) is 53.5 Å². The first-order valence-corrected chi connectivity index (χ1v) is 10.0. The molecule has 4 nitrogen and oxygen atoms in total. The van der Waals surface area contributed by atoms with Crippen molar-refractivity contribution in [3.63, 3.8) is 0 Å². The number of benzene rings is 2. The van der Waals surface area contributed by atoms with Crippen molar-refractivity contribution in [2.45, 2.75) is 24.7 Å². The van der Waals surface area contributed by atoms with Crippen molar-refractivity contribution in [1.82, 2.24) is 10.6 Å². The summed E-state index contributed by atoms with van der Waals surface area (Å²) >= 11 is 6.04. The number of nitrogens with zero attached hydrogens (tertiary/aromatic N) is 1. The molecule has 0 aromatic heterocycles. The Kier molecular flexibility index (Phi) is 7.29. The number of hydrogen-bond acceptors (Lipinski definition) is 2. The molecule has 1 fully saturated rings. The maximum absolute atomic E-state index is 13.8. The molecule has 28 heavy (non-hydrogen) atoms. The van der Waals surface area contributed by atoms with Gasteiger partial charge in [0.1, 0.15) is 5.82 Å². The lowest BCUT2D eigenvalue weighted by Gasteiger charge is -2.38. The average molecular weight is 404 g/mol. The van der Waals surface area contributed by atoms with E-state index >= 15 is 0 Å². The molecule has 2 aromatic rings. The molecule has 0 radical (unpaired) electrons. The first-order valence-electron chi connectivity index (χ1n) is 9.64. The summed E-state index contributed by atoms with van der Waals surface area (Å²) in [6.07, 6.45) is 2.55. The molecule has 6 heteroatoms. The lowest BCUT2D eigenvalue weighted by Crippen LogP contribution is -2.48. The minimum absolute atomic E-state index is 0.162. The number of guanidine groups is 1. The smallest absolute Gasteiger partial charge is 0.191 e. The Morgan fingerprint density at radius 2 is 1.93 bits per heavy atom. The Balaban J connectivity index is 1.60. The van der Waals surface area contributed by atoms with Crippen LogP contribution in [0.2, 0.25) is 5.02 Å². The Hall–Kier alpha value is -2.11. The first-order chi connectivity index (χ1) is 13.6. The summed E-state index contributed by atoms with van der Waals surface area (Å²) in [7, 11) is 1.76. The fraction of sp³-hybridized carbons (Fsp3) is 0.409. The molecule has 2 N–H and O–H groups in total. The average Bonchev–Trinajstić information content (AvgIpc) is 2.71. The van der Waals surface area contributed by atoms with E-state index in [-0.39, 0.29) is 11.2 Å². The summed E-state index contributed by atoms with van der Waals surface area (Å²) in [6, 6.07) is 14.8. The number of ether oxygens (including phenoxy) is 1. The number of halogens is 2. The van der Waals surface area contributed by atoms with E-state index in [1.165, 1.54) is 11.6 Å². The van der Waals surface area contributed by atoms with Crippen LogP contribution < -0.4 is 10.6 Å². The third kappa shape index (κ3) is 5.46. The molecule has 0 unspecified atom stereocenters. The summed E-state index contributed by atoms with van der Waals surface area (Å²) in [4.78, 5) is 4.33. The molecule has 1 aliphatic rings. The summed E-state index contributed by atoms with van der Waals surface area (Å²) in [5, 5.41) is 7.52. The molecule has 0 aliphatic carbocycles. The normalized spacial score (nSPS) is 16.6. The van der Waals surface area contributed by atoms with Gasteiger partial charge in [-0.15, -0.1) is 0 Å². The van der Waals surface area contributed by atoms with Gasteiger partial charge in [0.05, 0.1) is 0 Å². The zero-order valence-corrected chi connectivity index (χ0v) is 16.9. The van der Waals surface area contributed by atoms with Crippen LogP contribution in [-0.4, -0.2) is 39.3 Å². The Labute approximate surface area is 171 Å². The van der Waals surface area contributed by atoms with Crippen LogP contribution in [-0.2, 0) is 16.6 Å². The Morgan fingerprint density at radius 1 is 1.14 bits per heavy atom. The number of nitrogens with one attached hydrogen (secondary N) is 2. The lowest BCUT2D eigenvalue weighted by atomic mass is 9.74. The van der Waals surface area contributed by atoms with Gasteiger partial charge < -0.3 is 15.4 Å². The van der Waals surface area contributed by atoms with E-state index in [0.29, 0.717) is 19.8 Å². The second kappa shape index (κ2) is 9.89. The van der Waals surface area contributed by atoms with Crippen molar-refractivity contribution in [2.75, 3.05) is 33.4 Å². The van der Waals surface area contributed by atoms with Crippen LogP contribution in [0.25, 0.3) is 0 Å². The van der Waals surface area contributed by atoms with Crippen LogP contribution in [0.5, 0.6) is 0 Å². The zero-order chi connectivity index (χ0) is 19.8. The van der Waals surface area contributed by atoms with Crippen LogP contribution >= 0.6 is 11.6 Å². The fourth-order valence-electron chi connectivity index (χ4n) is 3.64. The fourth-order valence-corrected chi connectivity index (χ4v) is 3.85. The van der Waals surface area contributed by atoms with E-state index in [9.17, 15) is 4.39 Å². The largest absolute Gasteiger partial charge is 0.381 e. The second-order valence-corrected chi connectivity index (χ2v) is 7.57. The molecule has 0 atom stereocenters. The predicted molar refractivity (Wildman–Crippen MR) is 113 cm³/mol. The van der Waals surface area contributed by atoms with Gasteiger partial charge in [-0.25, -0.2) is 4.39 Å². The molecular weight excluding hydrogens is 377 g/mol. The van der Waals surface area contributed by atoms with E-state index in [0.717, 1.165) is 42.4 Å². The lowest BCUT2D eigenvalue weighted by molar-refractivity contribution is 0.0513. The van der Waals surface area contributed by atoms with E-state index in [1.807, 2.05) is 24.3 Å². The molecule has 3 rings (SSSR count). The minimum atomic E-state index is -0.201. The van der Waals surface area contributed by atoms with Crippen molar-refractivity contribution in [3.8, 4) is 0 Å².